The molecule has 2 N–H and O–H groups in total. The first-order chi connectivity index (χ1) is 15.1. The maximum absolute atomic E-state index is 13.2. The highest BCUT2D eigenvalue weighted by atomic mass is 32.2. The first-order valence-corrected chi connectivity index (χ1v) is 11.9. The van der Waals surface area contributed by atoms with Crippen molar-refractivity contribution in [2.75, 3.05) is 26.0 Å². The minimum atomic E-state index is -3.29. The molecule has 10 heteroatoms. The molecule has 9 nitrogen and oxygen atoms in total. The predicted octanol–water partition coefficient (Wildman–Crippen LogP) is 1.36. The van der Waals surface area contributed by atoms with E-state index in [1.54, 1.807) is 48.2 Å². The van der Waals surface area contributed by atoms with Gasteiger partial charge in [0.05, 0.1) is 18.0 Å². The third-order valence-electron chi connectivity index (χ3n) is 5.77. The number of hydrogen-bond acceptors (Lipinski definition) is 6. The molecule has 2 unspecified atom stereocenters. The van der Waals surface area contributed by atoms with E-state index in [1.165, 1.54) is 12.1 Å². The summed E-state index contributed by atoms with van der Waals surface area (Å²) in [4.78, 5) is 38.9. The molecule has 2 atom stereocenters. The number of rotatable bonds is 4. The average molecular weight is 458 g/mol. The molecule has 2 aromatic rings. The second-order valence-electron chi connectivity index (χ2n) is 8.07. The Labute approximate surface area is 185 Å². The minimum Gasteiger partial charge on any atom is -0.370 e. The number of morpholine rings is 1. The molecule has 4 amide bonds. The third-order valence-corrected chi connectivity index (χ3v) is 6.89. The Morgan fingerprint density at radius 2 is 1.88 bits per heavy atom. The molecule has 2 heterocycles. The lowest BCUT2D eigenvalue weighted by atomic mass is 9.91. The highest BCUT2D eigenvalue weighted by Crippen LogP contribution is 2.27. The summed E-state index contributed by atoms with van der Waals surface area (Å²) in [5.41, 5.74) is 0.433. The van der Waals surface area contributed by atoms with Crippen LogP contribution in [0.25, 0.3) is 0 Å². The molecule has 4 rings (SSSR count). The summed E-state index contributed by atoms with van der Waals surface area (Å²) >= 11 is 0. The summed E-state index contributed by atoms with van der Waals surface area (Å²) in [5, 5.41) is 4.81. The van der Waals surface area contributed by atoms with Gasteiger partial charge in [0, 0.05) is 18.4 Å². The SMILES string of the molecule is CC1(c2cccc(C(=O)N3CCOC(c4ccc(S(C)(=O)=O)cc4)C3)c2)NC(=O)NC1=O. The molecule has 32 heavy (non-hydrogen) atoms. The summed E-state index contributed by atoms with van der Waals surface area (Å²) in [6.07, 6.45) is 0.760. The van der Waals surface area contributed by atoms with E-state index in [4.69, 9.17) is 4.74 Å². The Morgan fingerprint density at radius 1 is 1.16 bits per heavy atom. The molecule has 2 fully saturated rings. The van der Waals surface area contributed by atoms with Crippen molar-refractivity contribution in [1.82, 2.24) is 15.5 Å². The van der Waals surface area contributed by atoms with Crippen molar-refractivity contribution in [2.45, 2.75) is 23.5 Å². The van der Waals surface area contributed by atoms with Crippen LogP contribution < -0.4 is 10.6 Å². The number of amides is 4. The van der Waals surface area contributed by atoms with Crippen LogP contribution >= 0.6 is 0 Å². The van der Waals surface area contributed by atoms with E-state index in [0.29, 0.717) is 30.8 Å². The van der Waals surface area contributed by atoms with Crippen molar-refractivity contribution in [3.8, 4) is 0 Å². The number of nitrogens with one attached hydrogen (secondary N) is 2. The third kappa shape index (κ3) is 4.11. The van der Waals surface area contributed by atoms with Gasteiger partial charge < -0.3 is 15.0 Å². The second kappa shape index (κ2) is 8.03. The Bertz CT molecular complexity index is 1190. The van der Waals surface area contributed by atoms with Gasteiger partial charge in [-0.3, -0.25) is 14.9 Å². The lowest BCUT2D eigenvalue weighted by Gasteiger charge is -2.33. The maximum atomic E-state index is 13.2. The van der Waals surface area contributed by atoms with Gasteiger partial charge >= 0.3 is 6.03 Å². The second-order valence-corrected chi connectivity index (χ2v) is 10.1. The Morgan fingerprint density at radius 3 is 2.50 bits per heavy atom. The van der Waals surface area contributed by atoms with Crippen LogP contribution in [-0.4, -0.2) is 57.1 Å². The first kappa shape index (κ1) is 22.0. The lowest BCUT2D eigenvalue weighted by molar-refractivity contribution is -0.123. The molecular formula is C22H23N3O6S. The fraction of sp³-hybridized carbons (Fsp3) is 0.318. The molecule has 2 aromatic carbocycles. The molecule has 168 valence electrons. The van der Waals surface area contributed by atoms with Crippen LogP contribution in [0.5, 0.6) is 0 Å². The van der Waals surface area contributed by atoms with E-state index in [2.05, 4.69) is 10.6 Å². The number of benzene rings is 2. The zero-order valence-corrected chi connectivity index (χ0v) is 18.4. The van der Waals surface area contributed by atoms with Crippen molar-refractivity contribution >= 4 is 27.7 Å². The van der Waals surface area contributed by atoms with Gasteiger partial charge in [0.1, 0.15) is 11.6 Å². The van der Waals surface area contributed by atoms with E-state index in [0.717, 1.165) is 11.8 Å². The van der Waals surface area contributed by atoms with Crippen molar-refractivity contribution in [3.05, 3.63) is 65.2 Å². The standard InChI is InChI=1S/C22H23N3O6S/c1-22(20(27)23-21(28)24-22)16-5-3-4-15(12-16)19(26)25-10-11-31-18(13-25)14-6-8-17(9-7-14)32(2,29)30/h3-9,12,18H,10-11,13H2,1-2H3,(H2,23,24,27,28). The zero-order valence-electron chi connectivity index (χ0n) is 17.6. The summed E-state index contributed by atoms with van der Waals surface area (Å²) in [5.74, 6) is -0.697. The Hall–Kier alpha value is -3.24. The van der Waals surface area contributed by atoms with Gasteiger partial charge in [-0.25, -0.2) is 13.2 Å². The largest absolute Gasteiger partial charge is 0.370 e. The van der Waals surface area contributed by atoms with Crippen molar-refractivity contribution in [2.24, 2.45) is 0 Å². The van der Waals surface area contributed by atoms with Crippen LogP contribution in [0.1, 0.15) is 34.5 Å². The zero-order chi connectivity index (χ0) is 23.1. The van der Waals surface area contributed by atoms with E-state index < -0.39 is 27.3 Å². The summed E-state index contributed by atoms with van der Waals surface area (Å²) in [7, 11) is -3.29. The molecule has 2 saturated heterocycles. The number of nitrogens with zero attached hydrogens (tertiary/aromatic N) is 1. The van der Waals surface area contributed by atoms with Crippen molar-refractivity contribution in [1.29, 1.82) is 0 Å². The summed E-state index contributed by atoms with van der Waals surface area (Å²) in [6.45, 7) is 2.62. The molecule has 0 saturated carbocycles. The number of sulfone groups is 1. The molecule has 2 aliphatic rings. The molecule has 2 aliphatic heterocycles. The van der Waals surface area contributed by atoms with Crippen LogP contribution in [0.15, 0.2) is 53.4 Å². The number of carbonyl (C=O) groups excluding carboxylic acids is 3. The Balaban J connectivity index is 1.53. The molecule has 0 bridgehead atoms. The lowest BCUT2D eigenvalue weighted by Crippen LogP contribution is -2.43. The molecule has 0 spiro atoms. The minimum absolute atomic E-state index is 0.221. The van der Waals surface area contributed by atoms with Crippen molar-refractivity contribution < 1.29 is 27.5 Å². The van der Waals surface area contributed by atoms with Crippen LogP contribution in [0, 0.1) is 0 Å². The van der Waals surface area contributed by atoms with Gasteiger partial charge in [-0.15, -0.1) is 0 Å². The van der Waals surface area contributed by atoms with Crippen LogP contribution in [0.3, 0.4) is 0 Å². The molecular weight excluding hydrogens is 434 g/mol. The van der Waals surface area contributed by atoms with E-state index in [-0.39, 0.29) is 16.9 Å². The number of hydrogen-bond donors (Lipinski definition) is 2. The van der Waals surface area contributed by atoms with Gasteiger partial charge in [-0.05, 0) is 42.3 Å². The summed E-state index contributed by atoms with van der Waals surface area (Å²) < 4.78 is 29.1. The molecule has 0 aromatic heterocycles. The highest BCUT2D eigenvalue weighted by Gasteiger charge is 2.43. The Kier molecular flexibility index (Phi) is 5.51. The number of ether oxygens (including phenoxy) is 1. The van der Waals surface area contributed by atoms with Gasteiger partial charge in [0.2, 0.25) is 0 Å². The number of urea groups is 1. The highest BCUT2D eigenvalue weighted by molar-refractivity contribution is 7.90. The van der Waals surface area contributed by atoms with E-state index >= 15 is 0 Å². The van der Waals surface area contributed by atoms with E-state index in [1.807, 2.05) is 0 Å². The monoisotopic (exact) mass is 457 g/mol. The normalized spacial score (nSPS) is 23.6. The van der Waals surface area contributed by atoms with Crippen molar-refractivity contribution in [3.63, 3.8) is 0 Å². The topological polar surface area (TPSA) is 122 Å². The number of imide groups is 1. The fourth-order valence-corrected chi connectivity index (χ4v) is 4.49. The quantitative estimate of drug-likeness (QED) is 0.669. The average Bonchev–Trinajstić information content (AvgIpc) is 3.05. The van der Waals surface area contributed by atoms with Gasteiger partial charge in [0.15, 0.2) is 9.84 Å². The molecule has 0 aliphatic carbocycles. The molecule has 0 radical (unpaired) electrons. The van der Waals surface area contributed by atoms with Crippen LogP contribution in [0.4, 0.5) is 4.79 Å². The predicted molar refractivity (Wildman–Crippen MR) is 115 cm³/mol. The van der Waals surface area contributed by atoms with Crippen LogP contribution in [-0.2, 0) is 24.9 Å². The first-order valence-electron chi connectivity index (χ1n) is 10.0. The van der Waals surface area contributed by atoms with Gasteiger partial charge in [-0.1, -0.05) is 24.3 Å². The number of carbonyl (C=O) groups is 3. The van der Waals surface area contributed by atoms with Gasteiger partial charge in [0.25, 0.3) is 11.8 Å². The maximum Gasteiger partial charge on any atom is 0.322 e. The summed E-state index contributed by atoms with van der Waals surface area (Å²) in [6, 6.07) is 12.5. The smallest absolute Gasteiger partial charge is 0.322 e. The van der Waals surface area contributed by atoms with Gasteiger partial charge in [-0.2, -0.15) is 0 Å². The van der Waals surface area contributed by atoms with E-state index in [9.17, 15) is 22.8 Å². The fourth-order valence-electron chi connectivity index (χ4n) is 3.86. The van der Waals surface area contributed by atoms with Crippen LogP contribution in [0.2, 0.25) is 0 Å².